The van der Waals surface area contributed by atoms with Crippen LogP contribution in [0.4, 0.5) is 14.5 Å². The molecule has 3 nitrogen and oxygen atoms in total. The molecule has 3 atom stereocenters. The van der Waals surface area contributed by atoms with Crippen LogP contribution < -0.4 is 11.1 Å². The lowest BCUT2D eigenvalue weighted by atomic mass is 9.61. The Bertz CT molecular complexity index is 545. The Morgan fingerprint density at radius 3 is 2.67 bits per heavy atom. The van der Waals surface area contributed by atoms with E-state index in [1.54, 1.807) is 0 Å². The fraction of sp³-hybridized carbons (Fsp3) is 0.562. The molecule has 0 aliphatic heterocycles. The molecular formula is C16H22F2N2O. The van der Waals surface area contributed by atoms with Gasteiger partial charge in [-0.05, 0) is 36.3 Å². The van der Waals surface area contributed by atoms with Crippen molar-refractivity contribution in [1.29, 1.82) is 0 Å². The van der Waals surface area contributed by atoms with Crippen molar-refractivity contribution in [2.45, 2.75) is 39.7 Å². The number of rotatable bonds is 2. The van der Waals surface area contributed by atoms with Crippen LogP contribution in [0.2, 0.25) is 0 Å². The van der Waals surface area contributed by atoms with Crippen LogP contribution in [0.3, 0.4) is 0 Å². The first-order chi connectivity index (χ1) is 9.73. The Morgan fingerprint density at radius 2 is 2.00 bits per heavy atom. The van der Waals surface area contributed by atoms with Gasteiger partial charge in [0.1, 0.15) is 11.6 Å². The number of amides is 1. The molecule has 116 valence electrons. The Balaban J connectivity index is 2.18. The summed E-state index contributed by atoms with van der Waals surface area (Å²) in [6.07, 6.45) is 1.41. The van der Waals surface area contributed by atoms with Gasteiger partial charge in [0.25, 0.3) is 0 Å². The molecule has 0 radical (unpaired) electrons. The van der Waals surface area contributed by atoms with Gasteiger partial charge in [0.15, 0.2) is 0 Å². The van der Waals surface area contributed by atoms with E-state index in [9.17, 15) is 13.6 Å². The molecule has 3 N–H and O–H groups in total. The molecule has 0 spiro atoms. The zero-order chi connectivity index (χ0) is 15.8. The molecule has 1 fully saturated rings. The van der Waals surface area contributed by atoms with E-state index < -0.39 is 11.6 Å². The van der Waals surface area contributed by atoms with Crippen molar-refractivity contribution in [3.63, 3.8) is 0 Å². The smallest absolute Gasteiger partial charge is 0.228 e. The molecule has 1 aromatic rings. The molecule has 0 bridgehead atoms. The molecule has 1 amide bonds. The first kappa shape index (κ1) is 15.9. The van der Waals surface area contributed by atoms with Crippen LogP contribution >= 0.6 is 0 Å². The predicted molar refractivity (Wildman–Crippen MR) is 78.6 cm³/mol. The van der Waals surface area contributed by atoms with E-state index in [0.717, 1.165) is 24.6 Å². The number of carbonyl (C=O) groups excluding carboxylic acids is 1. The third kappa shape index (κ3) is 3.07. The lowest BCUT2D eigenvalue weighted by Gasteiger charge is -2.46. The van der Waals surface area contributed by atoms with Crippen molar-refractivity contribution >= 4 is 11.6 Å². The number of benzene rings is 1. The van der Waals surface area contributed by atoms with Gasteiger partial charge in [0, 0.05) is 18.0 Å². The number of nitrogens with one attached hydrogen (secondary N) is 1. The average molecular weight is 296 g/mol. The van der Waals surface area contributed by atoms with Gasteiger partial charge in [0.05, 0.1) is 5.69 Å². The topological polar surface area (TPSA) is 55.1 Å². The molecule has 2 rings (SSSR count). The van der Waals surface area contributed by atoms with Crippen molar-refractivity contribution < 1.29 is 13.6 Å². The molecule has 5 heteroatoms. The molecule has 1 aliphatic carbocycles. The summed E-state index contributed by atoms with van der Waals surface area (Å²) < 4.78 is 26.8. The zero-order valence-electron chi connectivity index (χ0n) is 12.6. The summed E-state index contributed by atoms with van der Waals surface area (Å²) in [7, 11) is 0. The van der Waals surface area contributed by atoms with Gasteiger partial charge >= 0.3 is 0 Å². The minimum absolute atomic E-state index is 0.0648. The average Bonchev–Trinajstić information content (AvgIpc) is 2.40. The van der Waals surface area contributed by atoms with Gasteiger partial charge < -0.3 is 11.1 Å². The largest absolute Gasteiger partial charge is 0.327 e. The predicted octanol–water partition coefficient (Wildman–Crippen LogP) is 3.30. The molecule has 1 saturated carbocycles. The highest BCUT2D eigenvalue weighted by atomic mass is 19.1. The fourth-order valence-electron chi connectivity index (χ4n) is 3.13. The molecule has 0 aromatic heterocycles. The third-order valence-electron chi connectivity index (χ3n) is 5.01. The number of anilines is 1. The maximum atomic E-state index is 13.6. The van der Waals surface area contributed by atoms with Crippen LogP contribution in [0, 0.1) is 28.9 Å². The van der Waals surface area contributed by atoms with Gasteiger partial charge in [-0.2, -0.15) is 0 Å². The monoisotopic (exact) mass is 296 g/mol. The van der Waals surface area contributed by atoms with E-state index in [4.69, 9.17) is 5.73 Å². The highest BCUT2D eigenvalue weighted by molar-refractivity contribution is 5.93. The van der Waals surface area contributed by atoms with Crippen LogP contribution in [0.1, 0.15) is 33.6 Å². The van der Waals surface area contributed by atoms with Crippen molar-refractivity contribution in [1.82, 2.24) is 0 Å². The Hall–Kier alpha value is -1.49. The summed E-state index contributed by atoms with van der Waals surface area (Å²) in [6.45, 7) is 6.04. The fourth-order valence-corrected chi connectivity index (χ4v) is 3.13. The Labute approximate surface area is 123 Å². The van der Waals surface area contributed by atoms with Gasteiger partial charge in [-0.15, -0.1) is 0 Å². The van der Waals surface area contributed by atoms with E-state index in [0.29, 0.717) is 6.42 Å². The van der Waals surface area contributed by atoms with Crippen molar-refractivity contribution in [2.75, 3.05) is 5.32 Å². The number of hydrogen-bond donors (Lipinski definition) is 2. The third-order valence-corrected chi connectivity index (χ3v) is 5.01. The summed E-state index contributed by atoms with van der Waals surface area (Å²) in [4.78, 5) is 12.5. The maximum Gasteiger partial charge on any atom is 0.228 e. The van der Waals surface area contributed by atoms with Crippen LogP contribution in [0.5, 0.6) is 0 Å². The second-order valence-corrected chi connectivity index (χ2v) is 6.52. The highest BCUT2D eigenvalue weighted by Crippen LogP contribution is 2.44. The van der Waals surface area contributed by atoms with E-state index in [1.165, 1.54) is 0 Å². The van der Waals surface area contributed by atoms with Crippen LogP contribution in [0.15, 0.2) is 18.2 Å². The van der Waals surface area contributed by atoms with Crippen LogP contribution in [-0.4, -0.2) is 11.9 Å². The van der Waals surface area contributed by atoms with Crippen molar-refractivity contribution in [3.05, 3.63) is 29.8 Å². The van der Waals surface area contributed by atoms with Gasteiger partial charge in [-0.1, -0.05) is 20.8 Å². The van der Waals surface area contributed by atoms with E-state index in [-0.39, 0.29) is 34.9 Å². The molecule has 21 heavy (non-hydrogen) atoms. The lowest BCUT2D eigenvalue weighted by molar-refractivity contribution is -0.127. The standard InChI is InChI=1S/C16H22F2N2O/c1-9-13(19)7-5-11(16(9,2)3)15(21)20-14-8-10(17)4-6-12(14)18/h4,6,8-9,11,13H,5,7,19H2,1-3H3,(H,20,21). The first-order valence-electron chi connectivity index (χ1n) is 7.25. The second kappa shape index (κ2) is 5.72. The zero-order valence-corrected chi connectivity index (χ0v) is 12.6. The van der Waals surface area contributed by atoms with E-state index in [2.05, 4.69) is 5.32 Å². The maximum absolute atomic E-state index is 13.6. The second-order valence-electron chi connectivity index (χ2n) is 6.52. The minimum Gasteiger partial charge on any atom is -0.327 e. The molecule has 0 heterocycles. The van der Waals surface area contributed by atoms with Crippen LogP contribution in [0.25, 0.3) is 0 Å². The summed E-state index contributed by atoms with van der Waals surface area (Å²) in [6, 6.07) is 3.10. The number of nitrogens with two attached hydrogens (primary N) is 1. The number of carbonyl (C=O) groups is 1. The van der Waals surface area contributed by atoms with Gasteiger partial charge in [0.2, 0.25) is 5.91 Å². The summed E-state index contributed by atoms with van der Waals surface area (Å²) in [5.41, 5.74) is 5.67. The van der Waals surface area contributed by atoms with E-state index >= 15 is 0 Å². The van der Waals surface area contributed by atoms with Gasteiger partial charge in [-0.3, -0.25) is 4.79 Å². The molecule has 1 aromatic carbocycles. The van der Waals surface area contributed by atoms with Gasteiger partial charge in [-0.25, -0.2) is 8.78 Å². The van der Waals surface area contributed by atoms with Crippen LogP contribution in [-0.2, 0) is 4.79 Å². The van der Waals surface area contributed by atoms with E-state index in [1.807, 2.05) is 20.8 Å². The molecule has 0 saturated heterocycles. The van der Waals surface area contributed by atoms with Crippen molar-refractivity contribution in [3.8, 4) is 0 Å². The SMILES string of the molecule is CC1C(N)CCC(C(=O)Nc2cc(F)ccc2F)C1(C)C. The minimum atomic E-state index is -0.636. The normalized spacial score (nSPS) is 28.2. The number of halogens is 2. The first-order valence-corrected chi connectivity index (χ1v) is 7.25. The molecule has 1 aliphatic rings. The summed E-state index contributed by atoms with van der Waals surface area (Å²) >= 11 is 0. The summed E-state index contributed by atoms with van der Waals surface area (Å²) in [5.74, 6) is -1.58. The Kier molecular flexibility index (Phi) is 4.33. The number of hydrogen-bond acceptors (Lipinski definition) is 2. The quantitative estimate of drug-likeness (QED) is 0.879. The lowest BCUT2D eigenvalue weighted by Crippen LogP contribution is -2.50. The Morgan fingerprint density at radius 1 is 1.33 bits per heavy atom. The van der Waals surface area contributed by atoms with Crippen molar-refractivity contribution in [2.24, 2.45) is 23.0 Å². The molecule has 3 unspecified atom stereocenters. The highest BCUT2D eigenvalue weighted by Gasteiger charge is 2.45. The summed E-state index contributed by atoms with van der Waals surface area (Å²) in [5, 5.41) is 2.52. The molecular weight excluding hydrogens is 274 g/mol.